The lowest BCUT2D eigenvalue weighted by atomic mass is 10.2. The van der Waals surface area contributed by atoms with Gasteiger partial charge in [0.05, 0.1) is 28.3 Å². The van der Waals surface area contributed by atoms with E-state index in [4.69, 9.17) is 4.74 Å². The molecule has 2 nitrogen and oxygen atoms in total. The fraction of sp³-hybridized carbons (Fsp3) is 0.455. The van der Waals surface area contributed by atoms with Crippen LogP contribution >= 0.6 is 0 Å². The highest BCUT2D eigenvalue weighted by Crippen LogP contribution is 2.36. The van der Waals surface area contributed by atoms with Gasteiger partial charge in [0.15, 0.2) is 0 Å². The smallest absolute Gasteiger partial charge is 0.0986 e. The lowest BCUT2D eigenvalue weighted by Gasteiger charge is -1.99. The lowest BCUT2D eigenvalue weighted by Crippen LogP contribution is -2.11. The third kappa shape index (κ3) is 2.04. The quantitative estimate of drug-likeness (QED) is 0.714. The Kier molecular flexibility index (Phi) is 2.45. The molecule has 0 spiro atoms. The predicted molar refractivity (Wildman–Crippen MR) is 56.7 cm³/mol. The van der Waals surface area contributed by atoms with E-state index in [1.807, 2.05) is 44.2 Å². The van der Waals surface area contributed by atoms with Crippen LogP contribution in [0.25, 0.3) is 0 Å². The lowest BCUT2D eigenvalue weighted by molar-refractivity contribution is 0.329. The minimum absolute atomic E-state index is 0.0650. The Bertz CT molecular complexity index is 346. The molecule has 1 aliphatic rings. The van der Waals surface area contributed by atoms with E-state index in [0.717, 1.165) is 4.90 Å². The van der Waals surface area contributed by atoms with Crippen molar-refractivity contribution in [3.05, 3.63) is 30.3 Å². The summed E-state index contributed by atoms with van der Waals surface area (Å²) in [5, 5.41) is 0. The molecule has 2 rings (SSSR count). The molecule has 76 valence electrons. The van der Waals surface area contributed by atoms with Crippen LogP contribution in [0.1, 0.15) is 13.8 Å². The minimum Gasteiger partial charge on any atom is -0.366 e. The Morgan fingerprint density at radius 3 is 2.43 bits per heavy atom. The van der Waals surface area contributed by atoms with Crippen LogP contribution in [0.15, 0.2) is 35.2 Å². The molecular formula is C11H14O2S. The minimum atomic E-state index is -0.923. The van der Waals surface area contributed by atoms with Crippen molar-refractivity contribution in [3.8, 4) is 0 Å². The van der Waals surface area contributed by atoms with Crippen molar-refractivity contribution in [2.24, 2.45) is 0 Å². The second-order valence-electron chi connectivity index (χ2n) is 4.04. The van der Waals surface area contributed by atoms with Crippen molar-refractivity contribution in [2.45, 2.75) is 30.4 Å². The summed E-state index contributed by atoms with van der Waals surface area (Å²) in [6, 6.07) is 9.54. The molecule has 1 heterocycles. The van der Waals surface area contributed by atoms with E-state index in [1.165, 1.54) is 0 Å². The maximum Gasteiger partial charge on any atom is 0.0986 e. The molecule has 2 atom stereocenters. The van der Waals surface area contributed by atoms with Crippen molar-refractivity contribution in [1.29, 1.82) is 0 Å². The van der Waals surface area contributed by atoms with Crippen molar-refractivity contribution in [2.75, 3.05) is 5.75 Å². The van der Waals surface area contributed by atoms with E-state index < -0.39 is 10.8 Å². The number of benzene rings is 1. The summed E-state index contributed by atoms with van der Waals surface area (Å²) in [7, 11) is -0.923. The number of rotatable bonds is 3. The Balaban J connectivity index is 1.98. The summed E-state index contributed by atoms with van der Waals surface area (Å²) in [5.41, 5.74) is -0.0650. The van der Waals surface area contributed by atoms with Crippen LogP contribution in [0.5, 0.6) is 0 Å². The van der Waals surface area contributed by atoms with Gasteiger partial charge in [-0.25, -0.2) is 0 Å². The summed E-state index contributed by atoms with van der Waals surface area (Å²) in [4.78, 5) is 0.888. The van der Waals surface area contributed by atoms with Gasteiger partial charge >= 0.3 is 0 Å². The highest BCUT2D eigenvalue weighted by Gasteiger charge is 2.48. The molecule has 1 aliphatic heterocycles. The first-order chi connectivity index (χ1) is 6.59. The van der Waals surface area contributed by atoms with Crippen LogP contribution in [0, 0.1) is 0 Å². The molecule has 0 aliphatic carbocycles. The molecule has 0 aromatic heterocycles. The monoisotopic (exact) mass is 210 g/mol. The Labute approximate surface area is 86.7 Å². The van der Waals surface area contributed by atoms with E-state index in [2.05, 4.69) is 0 Å². The summed E-state index contributed by atoms with van der Waals surface area (Å²) in [5.74, 6) is 0.608. The molecule has 1 saturated heterocycles. The molecule has 1 aromatic carbocycles. The first-order valence-electron chi connectivity index (χ1n) is 4.71. The van der Waals surface area contributed by atoms with Crippen molar-refractivity contribution in [1.82, 2.24) is 0 Å². The fourth-order valence-corrected chi connectivity index (χ4v) is 2.77. The van der Waals surface area contributed by atoms with Crippen LogP contribution in [0.3, 0.4) is 0 Å². The first kappa shape index (κ1) is 9.87. The maximum atomic E-state index is 11.8. The molecule has 0 unspecified atom stereocenters. The zero-order valence-corrected chi connectivity index (χ0v) is 9.21. The van der Waals surface area contributed by atoms with Gasteiger partial charge in [0.1, 0.15) is 0 Å². The largest absolute Gasteiger partial charge is 0.366 e. The fourth-order valence-electron chi connectivity index (χ4n) is 1.37. The van der Waals surface area contributed by atoms with E-state index in [9.17, 15) is 4.21 Å². The normalized spacial score (nSPS) is 25.7. The molecule has 1 aromatic rings. The molecule has 3 heteroatoms. The first-order valence-corrected chi connectivity index (χ1v) is 6.03. The van der Waals surface area contributed by atoms with Gasteiger partial charge < -0.3 is 4.74 Å². The number of hydrogen-bond donors (Lipinski definition) is 0. The topological polar surface area (TPSA) is 29.6 Å². The van der Waals surface area contributed by atoms with Gasteiger partial charge in [-0.1, -0.05) is 18.2 Å². The van der Waals surface area contributed by atoms with Gasteiger partial charge in [-0.3, -0.25) is 4.21 Å². The Hall–Kier alpha value is -0.670. The molecular weight excluding hydrogens is 196 g/mol. The van der Waals surface area contributed by atoms with Crippen molar-refractivity contribution >= 4 is 10.8 Å². The van der Waals surface area contributed by atoms with Crippen molar-refractivity contribution in [3.63, 3.8) is 0 Å². The van der Waals surface area contributed by atoms with Gasteiger partial charge in [-0.15, -0.1) is 0 Å². The summed E-state index contributed by atoms with van der Waals surface area (Å²) >= 11 is 0. The molecule has 0 saturated carbocycles. The Morgan fingerprint density at radius 1 is 1.36 bits per heavy atom. The second kappa shape index (κ2) is 3.48. The van der Waals surface area contributed by atoms with Crippen LogP contribution < -0.4 is 0 Å². The molecule has 1 fully saturated rings. The average Bonchev–Trinajstić information content (AvgIpc) is 2.75. The molecule has 0 amide bonds. The molecule has 0 radical (unpaired) electrons. The summed E-state index contributed by atoms with van der Waals surface area (Å²) < 4.78 is 17.2. The van der Waals surface area contributed by atoms with Gasteiger partial charge in [0.2, 0.25) is 0 Å². The maximum absolute atomic E-state index is 11.8. The van der Waals surface area contributed by atoms with Gasteiger partial charge in [-0.05, 0) is 26.0 Å². The molecule has 14 heavy (non-hydrogen) atoms. The van der Waals surface area contributed by atoms with Crippen LogP contribution in [-0.2, 0) is 15.5 Å². The van der Waals surface area contributed by atoms with Crippen molar-refractivity contribution < 1.29 is 8.95 Å². The summed E-state index contributed by atoms with van der Waals surface area (Å²) in [6.45, 7) is 4.06. The summed E-state index contributed by atoms with van der Waals surface area (Å²) in [6.07, 6.45) is 0.156. The SMILES string of the molecule is CC1(C)O[C@H]1C[S@](=O)c1ccccc1. The molecule has 0 N–H and O–H groups in total. The van der Waals surface area contributed by atoms with Gasteiger partial charge in [-0.2, -0.15) is 0 Å². The highest BCUT2D eigenvalue weighted by atomic mass is 32.2. The zero-order valence-electron chi connectivity index (χ0n) is 8.40. The number of hydrogen-bond acceptors (Lipinski definition) is 2. The standard InChI is InChI=1S/C11H14O2S/c1-11(2)10(13-11)8-14(12)9-6-4-3-5-7-9/h3-7,10H,8H2,1-2H3/t10-,14-/m0/s1. The van der Waals surface area contributed by atoms with Gasteiger partial charge in [0, 0.05) is 4.90 Å². The number of ether oxygens (including phenoxy) is 1. The van der Waals surface area contributed by atoms with Crippen LogP contribution in [0.4, 0.5) is 0 Å². The van der Waals surface area contributed by atoms with E-state index in [1.54, 1.807) is 0 Å². The third-order valence-electron chi connectivity index (χ3n) is 2.47. The van der Waals surface area contributed by atoms with Crippen LogP contribution in [-0.4, -0.2) is 21.7 Å². The van der Waals surface area contributed by atoms with E-state index in [0.29, 0.717) is 5.75 Å². The zero-order chi connectivity index (χ0) is 10.2. The average molecular weight is 210 g/mol. The van der Waals surface area contributed by atoms with E-state index >= 15 is 0 Å². The highest BCUT2D eigenvalue weighted by molar-refractivity contribution is 7.85. The third-order valence-corrected chi connectivity index (χ3v) is 3.88. The van der Waals surface area contributed by atoms with E-state index in [-0.39, 0.29) is 11.7 Å². The Morgan fingerprint density at radius 2 is 1.93 bits per heavy atom. The number of epoxide rings is 1. The van der Waals surface area contributed by atoms with Crippen LogP contribution in [0.2, 0.25) is 0 Å². The predicted octanol–water partition coefficient (Wildman–Crippen LogP) is 1.97. The van der Waals surface area contributed by atoms with Gasteiger partial charge in [0.25, 0.3) is 0 Å². The molecule has 0 bridgehead atoms. The second-order valence-corrected chi connectivity index (χ2v) is 5.53.